The van der Waals surface area contributed by atoms with Crippen LogP contribution in [0.2, 0.25) is 0 Å². The molecule has 0 bridgehead atoms. The van der Waals surface area contributed by atoms with Crippen LogP contribution < -0.4 is 0 Å². The minimum Gasteiger partial charge on any atom is -0.340 e. The number of imidazole rings is 2. The molecule has 0 aliphatic rings. The molecule has 0 unspecified atom stereocenters. The predicted molar refractivity (Wildman–Crippen MR) is 48.8 cm³/mol. The number of hydrogen-bond acceptors (Lipinski definition) is 4. The van der Waals surface area contributed by atoms with Crippen molar-refractivity contribution in [2.75, 3.05) is 0 Å². The van der Waals surface area contributed by atoms with Crippen LogP contribution in [-0.2, 0) is 0 Å². The first-order valence-electron chi connectivity index (χ1n) is 4.07. The van der Waals surface area contributed by atoms with Gasteiger partial charge in [-0.3, -0.25) is 4.57 Å². The molecule has 0 saturated carbocycles. The van der Waals surface area contributed by atoms with E-state index in [4.69, 9.17) is 0 Å². The van der Waals surface area contributed by atoms with Crippen LogP contribution in [0.5, 0.6) is 0 Å². The van der Waals surface area contributed by atoms with Crippen LogP contribution in [-0.4, -0.2) is 29.5 Å². The lowest BCUT2D eigenvalue weighted by Crippen LogP contribution is -1.96. The molecule has 0 aliphatic heterocycles. The third-order valence-electron chi connectivity index (χ3n) is 1.95. The molecule has 1 N–H and O–H groups in total. The van der Waals surface area contributed by atoms with E-state index in [9.17, 15) is 0 Å². The van der Waals surface area contributed by atoms with Crippen LogP contribution in [0.1, 0.15) is 0 Å². The molecule has 6 nitrogen and oxygen atoms in total. The number of aromatic nitrogens is 6. The number of nitrogens with one attached hydrogen (secondary N) is 1. The average Bonchev–Trinajstić information content (AvgIpc) is 2.88. The fraction of sp³-hybridized carbons (Fsp3) is 0. The Bertz CT molecular complexity index is 552. The van der Waals surface area contributed by atoms with Crippen molar-refractivity contribution in [2.24, 2.45) is 0 Å². The fourth-order valence-corrected chi connectivity index (χ4v) is 1.33. The summed E-state index contributed by atoms with van der Waals surface area (Å²) >= 11 is 0. The van der Waals surface area contributed by atoms with E-state index in [1.54, 1.807) is 18.9 Å². The summed E-state index contributed by atoms with van der Waals surface area (Å²) in [6, 6.07) is 0. The zero-order valence-corrected chi connectivity index (χ0v) is 7.12. The Morgan fingerprint density at radius 1 is 1.21 bits per heavy atom. The Labute approximate surface area is 78.7 Å². The normalized spacial score (nSPS) is 10.9. The number of fused-ring (bicyclic) bond motifs is 1. The highest BCUT2D eigenvalue weighted by molar-refractivity contribution is 5.77. The molecule has 0 spiro atoms. The number of hydrogen-bond donors (Lipinski definition) is 1. The van der Waals surface area contributed by atoms with E-state index < -0.39 is 0 Å². The molecule has 0 saturated heterocycles. The average molecular weight is 186 g/mol. The standard InChI is InChI=1S/C8H6N6/c1-2-14(5-9-1)8-6-7(11-3-10-6)12-4-13-8/h1-5H,(H,10,11,12,13). The van der Waals surface area contributed by atoms with Gasteiger partial charge < -0.3 is 4.98 Å². The molecule has 3 aromatic heterocycles. The molecule has 6 heteroatoms. The zero-order chi connectivity index (χ0) is 9.38. The molecule has 0 radical (unpaired) electrons. The van der Waals surface area contributed by atoms with Crippen molar-refractivity contribution in [3.8, 4) is 5.82 Å². The van der Waals surface area contributed by atoms with Gasteiger partial charge in [-0.05, 0) is 0 Å². The summed E-state index contributed by atoms with van der Waals surface area (Å²) in [6.07, 6.45) is 8.29. The quantitative estimate of drug-likeness (QED) is 0.602. The second-order valence-electron chi connectivity index (χ2n) is 2.77. The zero-order valence-electron chi connectivity index (χ0n) is 7.12. The SMILES string of the molecule is c1cn(-c2ncnc3nc[nH]c23)cn1. The van der Waals surface area contributed by atoms with Gasteiger partial charge in [0.1, 0.15) is 18.2 Å². The minimum absolute atomic E-state index is 0.656. The fourth-order valence-electron chi connectivity index (χ4n) is 1.33. The molecular formula is C8H6N6. The summed E-state index contributed by atoms with van der Waals surface area (Å²) in [7, 11) is 0. The highest BCUT2D eigenvalue weighted by atomic mass is 15.1. The number of H-pyrrole nitrogens is 1. The summed E-state index contributed by atoms with van der Waals surface area (Å²) in [5.41, 5.74) is 1.47. The van der Waals surface area contributed by atoms with Crippen molar-refractivity contribution in [1.29, 1.82) is 0 Å². The van der Waals surface area contributed by atoms with Gasteiger partial charge in [0.2, 0.25) is 0 Å². The second-order valence-corrected chi connectivity index (χ2v) is 2.77. The Morgan fingerprint density at radius 2 is 2.21 bits per heavy atom. The second kappa shape index (κ2) is 2.63. The summed E-state index contributed by atoms with van der Waals surface area (Å²) in [6.45, 7) is 0. The number of aromatic amines is 1. The van der Waals surface area contributed by atoms with Crippen LogP contribution in [0.25, 0.3) is 17.0 Å². The van der Waals surface area contributed by atoms with Crippen molar-refractivity contribution in [3.05, 3.63) is 31.4 Å². The van der Waals surface area contributed by atoms with E-state index in [0.717, 1.165) is 11.3 Å². The van der Waals surface area contributed by atoms with Crippen molar-refractivity contribution < 1.29 is 0 Å². The first-order chi connectivity index (χ1) is 6.95. The largest absolute Gasteiger partial charge is 0.340 e. The van der Waals surface area contributed by atoms with Crippen LogP contribution in [0, 0.1) is 0 Å². The van der Waals surface area contributed by atoms with Gasteiger partial charge in [0, 0.05) is 12.4 Å². The van der Waals surface area contributed by atoms with Crippen LogP contribution >= 0.6 is 0 Å². The van der Waals surface area contributed by atoms with Gasteiger partial charge >= 0.3 is 0 Å². The maximum Gasteiger partial charge on any atom is 0.182 e. The summed E-state index contributed by atoms with van der Waals surface area (Å²) in [5, 5.41) is 0. The first-order valence-corrected chi connectivity index (χ1v) is 4.07. The van der Waals surface area contributed by atoms with E-state index in [2.05, 4.69) is 24.9 Å². The minimum atomic E-state index is 0.656. The molecule has 0 atom stereocenters. The number of rotatable bonds is 1. The van der Waals surface area contributed by atoms with Gasteiger partial charge in [-0.2, -0.15) is 0 Å². The van der Waals surface area contributed by atoms with E-state index in [-0.39, 0.29) is 0 Å². The maximum atomic E-state index is 4.16. The lowest BCUT2D eigenvalue weighted by molar-refractivity contribution is 0.987. The van der Waals surface area contributed by atoms with E-state index in [1.165, 1.54) is 6.33 Å². The van der Waals surface area contributed by atoms with Crippen molar-refractivity contribution in [2.45, 2.75) is 0 Å². The van der Waals surface area contributed by atoms with Crippen molar-refractivity contribution in [1.82, 2.24) is 29.5 Å². The monoisotopic (exact) mass is 186 g/mol. The molecule has 0 aromatic carbocycles. The third kappa shape index (κ3) is 0.905. The molecular weight excluding hydrogens is 180 g/mol. The topological polar surface area (TPSA) is 72.3 Å². The smallest absolute Gasteiger partial charge is 0.182 e. The third-order valence-corrected chi connectivity index (χ3v) is 1.95. The lowest BCUT2D eigenvalue weighted by Gasteiger charge is -1.99. The van der Waals surface area contributed by atoms with Crippen LogP contribution in [0.15, 0.2) is 31.4 Å². The Kier molecular flexibility index (Phi) is 1.35. The number of nitrogens with zero attached hydrogens (tertiary/aromatic N) is 5. The summed E-state index contributed by atoms with van der Waals surface area (Å²) in [5.74, 6) is 0.755. The Balaban J connectivity index is 2.36. The first kappa shape index (κ1) is 7.19. The van der Waals surface area contributed by atoms with Gasteiger partial charge in [0.15, 0.2) is 11.5 Å². The summed E-state index contributed by atoms with van der Waals surface area (Å²) in [4.78, 5) is 19.2. The highest BCUT2D eigenvalue weighted by Crippen LogP contribution is 2.12. The maximum absolute atomic E-state index is 4.16. The van der Waals surface area contributed by atoms with E-state index in [1.807, 2.05) is 10.8 Å². The van der Waals surface area contributed by atoms with Crippen LogP contribution in [0.4, 0.5) is 0 Å². The van der Waals surface area contributed by atoms with Gasteiger partial charge in [-0.1, -0.05) is 0 Å². The summed E-state index contributed by atoms with van der Waals surface area (Å²) < 4.78 is 1.81. The molecule has 0 fully saturated rings. The van der Waals surface area contributed by atoms with Crippen LogP contribution in [0.3, 0.4) is 0 Å². The predicted octanol–water partition coefficient (Wildman–Crippen LogP) is 0.539. The molecule has 68 valence electrons. The van der Waals surface area contributed by atoms with Gasteiger partial charge in [0.05, 0.1) is 6.33 Å². The molecule has 3 heterocycles. The lowest BCUT2D eigenvalue weighted by atomic mass is 10.5. The van der Waals surface area contributed by atoms with Crippen molar-refractivity contribution >= 4 is 11.2 Å². The van der Waals surface area contributed by atoms with E-state index in [0.29, 0.717) is 5.65 Å². The molecule has 14 heavy (non-hydrogen) atoms. The molecule has 0 amide bonds. The Hall–Kier alpha value is -2.24. The highest BCUT2D eigenvalue weighted by Gasteiger charge is 2.06. The van der Waals surface area contributed by atoms with Gasteiger partial charge in [-0.25, -0.2) is 19.9 Å². The van der Waals surface area contributed by atoms with E-state index >= 15 is 0 Å². The molecule has 0 aliphatic carbocycles. The van der Waals surface area contributed by atoms with Crippen molar-refractivity contribution in [3.63, 3.8) is 0 Å². The molecule has 3 rings (SSSR count). The van der Waals surface area contributed by atoms with Gasteiger partial charge in [-0.15, -0.1) is 0 Å². The Morgan fingerprint density at radius 3 is 3.07 bits per heavy atom. The van der Waals surface area contributed by atoms with Gasteiger partial charge in [0.25, 0.3) is 0 Å². The molecule has 3 aromatic rings.